The smallest absolute Gasteiger partial charge is 0.271 e. The van der Waals surface area contributed by atoms with Gasteiger partial charge in [-0.1, -0.05) is 30.9 Å². The van der Waals surface area contributed by atoms with Crippen LogP contribution in [0.2, 0.25) is 5.02 Å². The van der Waals surface area contributed by atoms with Gasteiger partial charge in [0.15, 0.2) is 0 Å². The number of nitrogens with zero attached hydrogens (tertiary/aromatic N) is 5. The lowest BCUT2D eigenvalue weighted by Crippen LogP contribution is -2.26. The van der Waals surface area contributed by atoms with Gasteiger partial charge in [-0.05, 0) is 32.8 Å². The minimum absolute atomic E-state index is 0.00821. The molecule has 3 aromatic rings. The van der Waals surface area contributed by atoms with E-state index in [0.29, 0.717) is 22.5 Å². The average Bonchev–Trinajstić information content (AvgIpc) is 3.16. The normalized spacial score (nSPS) is 14.6. The van der Waals surface area contributed by atoms with Crippen molar-refractivity contribution in [1.82, 2.24) is 24.3 Å². The maximum atomic E-state index is 12.3. The summed E-state index contributed by atoms with van der Waals surface area (Å²) in [6.07, 6.45) is 10.9. The largest absolute Gasteiger partial charge is 0.351 e. The highest BCUT2D eigenvalue weighted by molar-refractivity contribution is 7.94. The van der Waals surface area contributed by atoms with Crippen molar-refractivity contribution in [3.05, 3.63) is 40.0 Å². The number of anilines is 1. The van der Waals surface area contributed by atoms with E-state index in [1.54, 1.807) is 34.8 Å². The Morgan fingerprint density at radius 2 is 2.00 bits per heavy atom. The third kappa shape index (κ3) is 5.51. The fraction of sp³-hybridized carbons (Fsp3) is 0.500. The molecule has 1 aliphatic rings. The number of hydrogen-bond acceptors (Lipinski definition) is 6. The van der Waals surface area contributed by atoms with Crippen LogP contribution >= 0.6 is 23.7 Å². The summed E-state index contributed by atoms with van der Waals surface area (Å²) in [7, 11) is 1.75. The van der Waals surface area contributed by atoms with Crippen molar-refractivity contribution < 1.29 is 3.89 Å². The second-order valence-corrected chi connectivity index (χ2v) is 8.67. The van der Waals surface area contributed by atoms with Crippen molar-refractivity contribution in [3.63, 3.8) is 0 Å². The first-order chi connectivity index (χ1) is 14.4. The fourth-order valence-corrected chi connectivity index (χ4v) is 3.99. The van der Waals surface area contributed by atoms with Crippen LogP contribution in [0.1, 0.15) is 52.0 Å². The SMILES string of the molecule is CC(C)n1c(=O)c(Cl)cc2cnc(NC3CCCCC3)nc21.Cn1cc(SF)cn1. The predicted octanol–water partition coefficient (Wildman–Crippen LogP) is 5.17. The van der Waals surface area contributed by atoms with Gasteiger partial charge >= 0.3 is 0 Å². The molecule has 3 aromatic heterocycles. The molecular formula is C20H26ClFN6OS. The van der Waals surface area contributed by atoms with Gasteiger partial charge in [0, 0.05) is 36.9 Å². The molecule has 1 saturated carbocycles. The van der Waals surface area contributed by atoms with Gasteiger partial charge in [-0.25, -0.2) is 4.98 Å². The number of rotatable bonds is 4. The monoisotopic (exact) mass is 452 g/mol. The van der Waals surface area contributed by atoms with Crippen LogP contribution in [0.4, 0.5) is 9.83 Å². The number of pyridine rings is 1. The van der Waals surface area contributed by atoms with Crippen LogP contribution in [0.25, 0.3) is 11.0 Å². The Kier molecular flexibility index (Phi) is 7.71. The predicted molar refractivity (Wildman–Crippen MR) is 120 cm³/mol. The Labute approximate surface area is 184 Å². The van der Waals surface area contributed by atoms with Gasteiger partial charge in [0.25, 0.3) is 5.56 Å². The van der Waals surface area contributed by atoms with E-state index < -0.39 is 0 Å². The highest BCUT2D eigenvalue weighted by Crippen LogP contribution is 2.22. The van der Waals surface area contributed by atoms with Crippen LogP contribution in [0.15, 0.2) is 34.3 Å². The number of nitrogens with one attached hydrogen (secondary N) is 1. The molecule has 1 fully saturated rings. The van der Waals surface area contributed by atoms with Gasteiger partial charge in [0.1, 0.15) is 10.7 Å². The first-order valence-corrected chi connectivity index (χ1v) is 11.1. The number of halogens is 2. The summed E-state index contributed by atoms with van der Waals surface area (Å²) in [4.78, 5) is 21.8. The van der Waals surface area contributed by atoms with Gasteiger partial charge in [-0.15, -0.1) is 0 Å². The number of fused-ring (bicyclic) bond motifs is 1. The van der Waals surface area contributed by atoms with Crippen LogP contribution < -0.4 is 10.9 Å². The molecule has 0 aromatic carbocycles. The summed E-state index contributed by atoms with van der Waals surface area (Å²) >= 11 is 6.23. The van der Waals surface area contributed by atoms with Crippen molar-refractivity contribution in [2.24, 2.45) is 7.05 Å². The molecule has 1 N–H and O–H groups in total. The minimum Gasteiger partial charge on any atom is -0.351 e. The Morgan fingerprint density at radius 1 is 1.27 bits per heavy atom. The summed E-state index contributed by atoms with van der Waals surface area (Å²) in [5.41, 5.74) is 0.434. The number of hydrogen-bond donors (Lipinski definition) is 1. The van der Waals surface area contributed by atoms with E-state index in [0.717, 1.165) is 18.2 Å². The van der Waals surface area contributed by atoms with Crippen LogP contribution in [0, 0.1) is 0 Å². The highest BCUT2D eigenvalue weighted by Gasteiger charge is 2.16. The number of aromatic nitrogens is 5. The molecule has 7 nitrogen and oxygen atoms in total. The molecule has 0 atom stereocenters. The molecule has 0 amide bonds. The van der Waals surface area contributed by atoms with Crippen molar-refractivity contribution in [2.75, 3.05) is 5.32 Å². The topological polar surface area (TPSA) is 77.6 Å². The number of aryl methyl sites for hydroxylation is 1. The second-order valence-electron chi connectivity index (χ2n) is 7.64. The van der Waals surface area contributed by atoms with Crippen molar-refractivity contribution in [3.8, 4) is 0 Å². The Balaban J connectivity index is 0.000000269. The van der Waals surface area contributed by atoms with Crippen molar-refractivity contribution >= 4 is 40.7 Å². The van der Waals surface area contributed by atoms with E-state index >= 15 is 0 Å². The van der Waals surface area contributed by atoms with Crippen molar-refractivity contribution in [1.29, 1.82) is 0 Å². The average molecular weight is 453 g/mol. The van der Waals surface area contributed by atoms with Gasteiger partial charge in [-0.2, -0.15) is 14.0 Å². The van der Waals surface area contributed by atoms with Gasteiger partial charge in [0.05, 0.1) is 23.2 Å². The lowest BCUT2D eigenvalue weighted by molar-refractivity contribution is 0.461. The molecule has 1 aliphatic carbocycles. The van der Waals surface area contributed by atoms with Crippen LogP contribution in [0.3, 0.4) is 0 Å². The first-order valence-electron chi connectivity index (χ1n) is 10.0. The Morgan fingerprint density at radius 3 is 2.57 bits per heavy atom. The van der Waals surface area contributed by atoms with Crippen molar-refractivity contribution in [2.45, 2.75) is 62.9 Å². The van der Waals surface area contributed by atoms with Crippen LogP contribution in [-0.2, 0) is 7.05 Å². The zero-order valence-electron chi connectivity index (χ0n) is 17.3. The second kappa shape index (κ2) is 10.3. The summed E-state index contributed by atoms with van der Waals surface area (Å²) in [6.45, 7) is 3.90. The quantitative estimate of drug-likeness (QED) is 0.588. The van der Waals surface area contributed by atoms with Gasteiger partial charge in [0.2, 0.25) is 5.95 Å². The zero-order valence-corrected chi connectivity index (χ0v) is 18.9. The lowest BCUT2D eigenvalue weighted by Gasteiger charge is -2.23. The molecule has 0 aliphatic heterocycles. The summed E-state index contributed by atoms with van der Waals surface area (Å²) in [5.74, 6) is 0.593. The molecule has 0 bridgehead atoms. The third-order valence-electron chi connectivity index (χ3n) is 4.95. The molecular weight excluding hydrogens is 427 g/mol. The maximum Gasteiger partial charge on any atom is 0.271 e. The minimum atomic E-state index is -0.202. The fourth-order valence-electron chi connectivity index (χ4n) is 3.50. The molecule has 30 heavy (non-hydrogen) atoms. The molecule has 0 radical (unpaired) electrons. The van der Waals surface area contributed by atoms with E-state index in [4.69, 9.17) is 11.6 Å². The summed E-state index contributed by atoms with van der Waals surface area (Å²) in [5, 5.41) is 8.14. The first kappa shape index (κ1) is 22.6. The van der Waals surface area contributed by atoms with E-state index in [1.807, 2.05) is 13.8 Å². The molecule has 0 saturated heterocycles. The summed E-state index contributed by atoms with van der Waals surface area (Å²) < 4.78 is 14.8. The zero-order chi connectivity index (χ0) is 21.7. The standard InChI is InChI=1S/C16H21ClN4O.C4H5FN2S/c1-10(2)21-14-11(8-13(17)15(21)22)9-18-16(20-14)19-12-6-4-3-5-7-12;1-7-3-4(8-5)2-6-7/h8-10,12H,3-7H2,1-2H3,(H,18,19,20);2-3H,1H3. The van der Waals surface area contributed by atoms with Crippen LogP contribution in [0.5, 0.6) is 0 Å². The molecule has 0 unspecified atom stereocenters. The third-order valence-corrected chi connectivity index (χ3v) is 5.61. The molecule has 162 valence electrons. The van der Waals surface area contributed by atoms with Gasteiger partial charge < -0.3 is 5.32 Å². The van der Waals surface area contributed by atoms with Gasteiger partial charge in [-0.3, -0.25) is 14.0 Å². The van der Waals surface area contributed by atoms with E-state index in [2.05, 4.69) is 20.4 Å². The van der Waals surface area contributed by atoms with E-state index in [9.17, 15) is 8.68 Å². The maximum absolute atomic E-state index is 12.3. The van der Waals surface area contributed by atoms with E-state index in [-0.39, 0.29) is 28.8 Å². The van der Waals surface area contributed by atoms with E-state index in [1.165, 1.54) is 25.5 Å². The Bertz CT molecular complexity index is 1050. The molecule has 0 spiro atoms. The molecule has 10 heteroatoms. The Hall–Kier alpha value is -2.13. The lowest BCUT2D eigenvalue weighted by atomic mass is 9.96. The summed E-state index contributed by atoms with van der Waals surface area (Å²) in [6, 6.07) is 2.06. The molecule has 4 rings (SSSR count). The highest BCUT2D eigenvalue weighted by atomic mass is 35.5. The van der Waals surface area contributed by atoms with Crippen LogP contribution in [-0.4, -0.2) is 30.4 Å². The molecule has 3 heterocycles.